The molecule has 29 heavy (non-hydrogen) atoms. The number of β-lactam (4-membered cyclic amide) rings is 1. The van der Waals surface area contributed by atoms with Crippen LogP contribution in [0.25, 0.3) is 0 Å². The van der Waals surface area contributed by atoms with Crippen LogP contribution < -0.4 is 11.1 Å². The first kappa shape index (κ1) is 21.3. The average molecular weight is 463 g/mol. The highest BCUT2D eigenvalue weighted by Crippen LogP contribution is 2.54. The third kappa shape index (κ3) is 3.86. The lowest BCUT2D eigenvalue weighted by Crippen LogP contribution is -2.71. The summed E-state index contributed by atoms with van der Waals surface area (Å²) < 4.78 is 11.6. The molecule has 0 bridgehead atoms. The molecule has 0 spiro atoms. The van der Waals surface area contributed by atoms with Crippen LogP contribution in [0.4, 0.5) is 5.13 Å². The van der Waals surface area contributed by atoms with Crippen LogP contribution in [0.2, 0.25) is 0 Å². The van der Waals surface area contributed by atoms with E-state index < -0.39 is 47.8 Å². The van der Waals surface area contributed by atoms with Gasteiger partial charge in [-0.2, -0.15) is 0 Å². The number of aliphatic carboxylic acids is 1. The molecule has 2 aliphatic rings. The van der Waals surface area contributed by atoms with E-state index in [-0.39, 0.29) is 22.3 Å². The maximum Gasteiger partial charge on any atom is 0.355 e. The number of oxime groups is 1. The number of thiazole rings is 1. The summed E-state index contributed by atoms with van der Waals surface area (Å²) in [7, 11) is -3.66. The molecule has 0 radical (unpaired) electrons. The summed E-state index contributed by atoms with van der Waals surface area (Å²) in [5.74, 6) is -3.59. The van der Waals surface area contributed by atoms with Crippen LogP contribution in [-0.4, -0.2) is 72.6 Å². The number of hydrogen-bond donors (Lipinski definition) is 5. The van der Waals surface area contributed by atoms with Crippen LogP contribution >= 0.6 is 30.7 Å². The second-order valence-corrected chi connectivity index (χ2v) is 9.32. The van der Waals surface area contributed by atoms with E-state index in [0.717, 1.165) is 28.0 Å². The van der Waals surface area contributed by atoms with Gasteiger partial charge in [0.15, 0.2) is 10.8 Å². The molecule has 1 aromatic heterocycles. The minimum atomic E-state index is -4.88. The molecule has 2 atom stereocenters. The molecule has 13 nitrogen and oxygen atoms in total. The topological polar surface area (TPSA) is 205 Å². The fraction of sp³-hybridized carbons (Fsp3) is 0.308. The van der Waals surface area contributed by atoms with Gasteiger partial charge < -0.3 is 30.8 Å². The number of rotatable bonds is 6. The van der Waals surface area contributed by atoms with Crippen LogP contribution in [0.3, 0.4) is 0 Å². The van der Waals surface area contributed by atoms with E-state index in [1.807, 2.05) is 0 Å². The summed E-state index contributed by atoms with van der Waals surface area (Å²) in [6, 6.07) is -1.13. The molecule has 6 N–H and O–H groups in total. The minimum absolute atomic E-state index is 0.127. The number of carbonyl (C=O) groups excluding carboxylic acids is 2. The van der Waals surface area contributed by atoms with Crippen LogP contribution in [-0.2, 0) is 23.8 Å². The Morgan fingerprint density at radius 2 is 2.17 bits per heavy atom. The molecule has 0 aliphatic carbocycles. The molecule has 16 heteroatoms. The molecule has 3 rings (SSSR count). The van der Waals surface area contributed by atoms with Crippen molar-refractivity contribution in [2.75, 3.05) is 18.6 Å². The van der Waals surface area contributed by atoms with Gasteiger partial charge in [0, 0.05) is 11.1 Å². The van der Waals surface area contributed by atoms with Crippen molar-refractivity contribution in [3.8, 4) is 0 Å². The number of thioether (sulfide) groups is 1. The molecule has 0 saturated carbocycles. The van der Waals surface area contributed by atoms with Gasteiger partial charge >= 0.3 is 13.6 Å². The van der Waals surface area contributed by atoms with E-state index >= 15 is 0 Å². The van der Waals surface area contributed by atoms with Crippen molar-refractivity contribution in [2.45, 2.75) is 11.4 Å². The van der Waals surface area contributed by atoms with Gasteiger partial charge in [0.1, 0.15) is 29.9 Å². The summed E-state index contributed by atoms with van der Waals surface area (Å²) >= 11 is 1.99. The van der Waals surface area contributed by atoms with Crippen molar-refractivity contribution in [1.29, 1.82) is 0 Å². The Hall–Kier alpha value is -2.45. The summed E-state index contributed by atoms with van der Waals surface area (Å²) in [5, 5.41) is 15.5. The number of fused-ring (bicyclic) bond motifs is 1. The first-order valence-corrected chi connectivity index (χ1v) is 11.2. The number of carboxylic acids is 1. The molecular weight excluding hydrogens is 449 g/mol. The average Bonchev–Trinajstić information content (AvgIpc) is 3.07. The number of aromatic nitrogens is 1. The number of carbonyl (C=O) groups is 3. The Kier molecular flexibility index (Phi) is 5.69. The zero-order valence-corrected chi connectivity index (χ0v) is 17.0. The van der Waals surface area contributed by atoms with Gasteiger partial charge in [-0.3, -0.25) is 19.1 Å². The summed E-state index contributed by atoms with van der Waals surface area (Å²) in [5.41, 5.74) is 4.66. The smallest absolute Gasteiger partial charge is 0.355 e. The third-order valence-electron chi connectivity index (χ3n) is 3.95. The monoisotopic (exact) mass is 463 g/mol. The van der Waals surface area contributed by atoms with Gasteiger partial charge in [0.25, 0.3) is 11.8 Å². The molecule has 3 heterocycles. The minimum Gasteiger partial charge on any atom is -0.477 e. The lowest BCUT2D eigenvalue weighted by atomic mass is 10.0. The maximum absolute atomic E-state index is 12.6. The normalized spacial score (nSPS) is 22.1. The molecule has 1 aromatic rings. The zero-order valence-electron chi connectivity index (χ0n) is 14.5. The van der Waals surface area contributed by atoms with Crippen LogP contribution in [0.15, 0.2) is 21.5 Å². The zero-order chi connectivity index (χ0) is 21.5. The number of anilines is 1. The highest BCUT2D eigenvalue weighted by atomic mass is 32.2. The largest absolute Gasteiger partial charge is 0.477 e. The fourth-order valence-corrected chi connectivity index (χ4v) is 5.85. The lowest BCUT2D eigenvalue weighted by molar-refractivity contribution is -0.150. The van der Waals surface area contributed by atoms with E-state index in [1.54, 1.807) is 0 Å². The molecule has 2 amide bonds. The first-order chi connectivity index (χ1) is 13.6. The lowest BCUT2D eigenvalue weighted by Gasteiger charge is -2.49. The van der Waals surface area contributed by atoms with Gasteiger partial charge in [-0.15, -0.1) is 23.1 Å². The Bertz CT molecular complexity index is 1000. The Morgan fingerprint density at radius 3 is 2.69 bits per heavy atom. The Balaban J connectivity index is 1.84. The summed E-state index contributed by atoms with van der Waals surface area (Å²) in [4.78, 5) is 64.6. The molecule has 0 aromatic carbocycles. The van der Waals surface area contributed by atoms with Gasteiger partial charge in [-0.1, -0.05) is 5.16 Å². The van der Waals surface area contributed by atoms with Crippen molar-refractivity contribution < 1.29 is 38.7 Å². The number of carboxylic acid groups (broad SMARTS) is 1. The second-order valence-electron chi connectivity index (χ2n) is 5.70. The number of hydrogen-bond acceptors (Lipinski definition) is 10. The van der Waals surface area contributed by atoms with E-state index in [0.29, 0.717) is 0 Å². The maximum atomic E-state index is 12.6. The van der Waals surface area contributed by atoms with E-state index in [4.69, 9.17) is 5.73 Å². The van der Waals surface area contributed by atoms with Crippen molar-refractivity contribution >= 4 is 59.3 Å². The number of nitrogens with two attached hydrogens (primary N) is 1. The van der Waals surface area contributed by atoms with E-state index in [2.05, 4.69) is 20.3 Å². The molecule has 1 saturated heterocycles. The number of nitrogens with zero attached hydrogens (tertiary/aromatic N) is 3. The van der Waals surface area contributed by atoms with Crippen molar-refractivity contribution in [2.24, 2.45) is 5.16 Å². The number of nitrogens with one attached hydrogen (secondary N) is 1. The second kappa shape index (κ2) is 7.76. The Morgan fingerprint density at radius 1 is 1.48 bits per heavy atom. The number of nitrogen functional groups attached to an aromatic ring is 1. The van der Waals surface area contributed by atoms with E-state index in [9.17, 15) is 33.8 Å². The Labute approximate surface area is 170 Å². The van der Waals surface area contributed by atoms with Crippen molar-refractivity contribution in [1.82, 2.24) is 15.2 Å². The van der Waals surface area contributed by atoms with Crippen LogP contribution in [0.5, 0.6) is 0 Å². The predicted octanol–water partition coefficient (Wildman–Crippen LogP) is -1.05. The quantitative estimate of drug-likeness (QED) is 0.149. The number of amides is 2. The molecule has 156 valence electrons. The van der Waals surface area contributed by atoms with Gasteiger partial charge in [-0.25, -0.2) is 9.78 Å². The standard InChI is InChI=1S/C13H14N5O8PS2/c1-26-17-6(4-2-29-13(14)15-4)9(19)16-7-10(20)18-8(12(21)22)5(27(23,24)25)3-28-11(7)18/h2,7,11H,3H2,1H3,(H2,14,15)(H,16,19)(H,21,22)(H2,23,24,25)/t7?,11-/m0/s1. The first-order valence-electron chi connectivity index (χ1n) is 7.67. The molecule has 1 fully saturated rings. The predicted molar refractivity (Wildman–Crippen MR) is 102 cm³/mol. The summed E-state index contributed by atoms with van der Waals surface area (Å²) in [6.45, 7) is 0. The van der Waals surface area contributed by atoms with Crippen LogP contribution in [0.1, 0.15) is 5.69 Å². The highest BCUT2D eigenvalue weighted by molar-refractivity contribution is 8.00. The van der Waals surface area contributed by atoms with Crippen LogP contribution in [0, 0.1) is 0 Å². The van der Waals surface area contributed by atoms with Gasteiger partial charge in [-0.05, 0) is 0 Å². The van der Waals surface area contributed by atoms with Crippen molar-refractivity contribution in [3.05, 3.63) is 22.1 Å². The molecule has 2 aliphatic heterocycles. The third-order valence-corrected chi connectivity index (χ3v) is 7.19. The fourth-order valence-electron chi connectivity index (χ4n) is 2.73. The van der Waals surface area contributed by atoms with Gasteiger partial charge in [0.2, 0.25) is 0 Å². The molecule has 1 unspecified atom stereocenters. The van der Waals surface area contributed by atoms with Gasteiger partial charge in [0.05, 0.1) is 5.31 Å². The molecular formula is C13H14N5O8PS2. The van der Waals surface area contributed by atoms with E-state index in [1.165, 1.54) is 12.5 Å². The SMILES string of the molecule is CON=C(C(=O)NC1C(=O)N2C(C(=O)O)=C(P(=O)(O)O)CS[C@@H]12)c1csc(N)n1. The van der Waals surface area contributed by atoms with Crippen molar-refractivity contribution in [3.63, 3.8) is 0 Å². The highest BCUT2D eigenvalue weighted by Gasteiger charge is 2.56. The summed E-state index contributed by atoms with van der Waals surface area (Å²) in [6.07, 6.45) is 0.